The zero-order chi connectivity index (χ0) is 18.8. The lowest BCUT2D eigenvalue weighted by Gasteiger charge is -2.55. The Bertz CT molecular complexity index is 636. The number of carbonyl (C=O) groups excluding carboxylic acids is 2. The number of rotatable bonds is 1. The van der Waals surface area contributed by atoms with E-state index in [1.807, 2.05) is 0 Å². The third-order valence-corrected chi connectivity index (χ3v) is 9.19. The number of likely N-dealkylation sites (tertiary alicyclic amines) is 1. The first-order valence-corrected chi connectivity index (χ1v) is 11.2. The standard InChI is InChI=1S/C22H33NO4/c1-22-10-8-16-15-5-3-14(27-21(26)23-11-9-20(23)25)12-13(15)2-4-17(16)18(22)6-7-19(22)24/h13-19,24H,2-12H2,1H3. The number of amides is 2. The molecule has 27 heavy (non-hydrogen) atoms. The van der Waals surface area contributed by atoms with Gasteiger partial charge in [-0.15, -0.1) is 0 Å². The fourth-order valence-corrected chi connectivity index (χ4v) is 7.60. The zero-order valence-electron chi connectivity index (χ0n) is 16.4. The Balaban J connectivity index is 1.23. The van der Waals surface area contributed by atoms with Crippen LogP contribution in [0.1, 0.15) is 71.1 Å². The van der Waals surface area contributed by atoms with Crippen LogP contribution in [0.15, 0.2) is 0 Å². The van der Waals surface area contributed by atoms with Gasteiger partial charge < -0.3 is 9.84 Å². The third-order valence-electron chi connectivity index (χ3n) is 9.19. The molecule has 0 aromatic carbocycles. The number of fused-ring (bicyclic) bond motifs is 5. The molecule has 0 aromatic heterocycles. The van der Waals surface area contributed by atoms with Gasteiger partial charge in [-0.2, -0.15) is 0 Å². The number of nitrogens with zero attached hydrogens (tertiary/aromatic N) is 1. The van der Waals surface area contributed by atoms with E-state index < -0.39 is 6.09 Å². The maximum Gasteiger partial charge on any atom is 0.416 e. The molecule has 1 aliphatic heterocycles. The van der Waals surface area contributed by atoms with Gasteiger partial charge in [0.25, 0.3) is 0 Å². The van der Waals surface area contributed by atoms with Crippen LogP contribution in [0.4, 0.5) is 4.79 Å². The van der Waals surface area contributed by atoms with E-state index in [0.29, 0.717) is 24.8 Å². The van der Waals surface area contributed by atoms with Crippen molar-refractivity contribution in [2.24, 2.45) is 35.0 Å². The summed E-state index contributed by atoms with van der Waals surface area (Å²) < 4.78 is 5.68. The Kier molecular flexibility index (Phi) is 4.30. The van der Waals surface area contributed by atoms with E-state index in [1.165, 1.54) is 37.0 Å². The Morgan fingerprint density at radius 1 is 1.07 bits per heavy atom. The molecule has 5 nitrogen and oxygen atoms in total. The number of hydrogen-bond donors (Lipinski definition) is 1. The summed E-state index contributed by atoms with van der Waals surface area (Å²) >= 11 is 0. The van der Waals surface area contributed by atoms with E-state index >= 15 is 0 Å². The normalized spacial score (nSPS) is 48.9. The Morgan fingerprint density at radius 3 is 2.63 bits per heavy atom. The van der Waals surface area contributed by atoms with Crippen molar-refractivity contribution in [2.45, 2.75) is 83.3 Å². The van der Waals surface area contributed by atoms with Gasteiger partial charge in [0, 0.05) is 13.0 Å². The third kappa shape index (κ3) is 2.75. The maximum atomic E-state index is 12.1. The van der Waals surface area contributed by atoms with Gasteiger partial charge in [0.1, 0.15) is 6.10 Å². The van der Waals surface area contributed by atoms with Crippen molar-refractivity contribution in [3.05, 3.63) is 0 Å². The monoisotopic (exact) mass is 375 g/mol. The van der Waals surface area contributed by atoms with Crippen molar-refractivity contribution >= 4 is 12.0 Å². The highest BCUT2D eigenvalue weighted by atomic mass is 16.6. The highest BCUT2D eigenvalue weighted by Crippen LogP contribution is 2.62. The van der Waals surface area contributed by atoms with Crippen molar-refractivity contribution in [2.75, 3.05) is 6.54 Å². The fourth-order valence-electron chi connectivity index (χ4n) is 7.60. The van der Waals surface area contributed by atoms with Crippen molar-refractivity contribution in [3.63, 3.8) is 0 Å². The molecule has 4 saturated carbocycles. The summed E-state index contributed by atoms with van der Waals surface area (Å²) in [5, 5.41) is 10.5. The number of aliphatic hydroxyl groups excluding tert-OH is 1. The zero-order valence-corrected chi connectivity index (χ0v) is 16.4. The largest absolute Gasteiger partial charge is 0.446 e. The quantitative estimate of drug-likeness (QED) is 0.709. The predicted molar refractivity (Wildman–Crippen MR) is 99.7 cm³/mol. The molecule has 8 atom stereocenters. The molecule has 8 unspecified atom stereocenters. The van der Waals surface area contributed by atoms with E-state index in [2.05, 4.69) is 6.92 Å². The summed E-state index contributed by atoms with van der Waals surface area (Å²) in [6.45, 7) is 2.86. The van der Waals surface area contributed by atoms with E-state index in [0.717, 1.165) is 43.4 Å². The predicted octanol–water partition coefficient (Wildman–Crippen LogP) is 3.74. The van der Waals surface area contributed by atoms with Gasteiger partial charge in [-0.1, -0.05) is 6.92 Å². The van der Waals surface area contributed by atoms with E-state index in [4.69, 9.17) is 4.74 Å². The number of carbonyl (C=O) groups is 2. The SMILES string of the molecule is CC12CCC3C4CCC(OC(=O)N5CCC5=O)CC4CCC3C1CCC2O. The molecule has 1 saturated heterocycles. The molecule has 1 N–H and O–H groups in total. The van der Waals surface area contributed by atoms with Gasteiger partial charge in [0.15, 0.2) is 0 Å². The lowest BCUT2D eigenvalue weighted by atomic mass is 9.50. The summed E-state index contributed by atoms with van der Waals surface area (Å²) in [5.41, 5.74) is 0.157. The Morgan fingerprint density at radius 2 is 1.89 bits per heavy atom. The number of hydrogen-bond acceptors (Lipinski definition) is 4. The molecule has 0 bridgehead atoms. The van der Waals surface area contributed by atoms with Crippen LogP contribution >= 0.6 is 0 Å². The number of aliphatic hydroxyl groups is 1. The summed E-state index contributed by atoms with van der Waals surface area (Å²) in [5.74, 6) is 3.64. The second-order valence-electron chi connectivity index (χ2n) is 10.2. The topological polar surface area (TPSA) is 66.8 Å². The van der Waals surface area contributed by atoms with Crippen LogP contribution in [0, 0.1) is 35.0 Å². The highest BCUT2D eigenvalue weighted by Gasteiger charge is 2.56. The van der Waals surface area contributed by atoms with Gasteiger partial charge in [0.05, 0.1) is 6.10 Å². The van der Waals surface area contributed by atoms with E-state index in [9.17, 15) is 14.7 Å². The van der Waals surface area contributed by atoms with Crippen molar-refractivity contribution < 1.29 is 19.4 Å². The molecule has 5 rings (SSSR count). The summed E-state index contributed by atoms with van der Waals surface area (Å²) in [4.78, 5) is 24.8. The Hall–Kier alpha value is -1.10. The van der Waals surface area contributed by atoms with Crippen molar-refractivity contribution in [3.8, 4) is 0 Å². The molecular formula is C22H33NO4. The van der Waals surface area contributed by atoms with Crippen LogP contribution < -0.4 is 0 Å². The van der Waals surface area contributed by atoms with Crippen LogP contribution in [0.5, 0.6) is 0 Å². The lowest BCUT2D eigenvalue weighted by molar-refractivity contribution is -0.138. The average molecular weight is 376 g/mol. The van der Waals surface area contributed by atoms with Crippen LogP contribution in [-0.2, 0) is 9.53 Å². The van der Waals surface area contributed by atoms with Crippen LogP contribution in [0.25, 0.3) is 0 Å². The van der Waals surface area contributed by atoms with Gasteiger partial charge in [-0.3, -0.25) is 4.79 Å². The minimum Gasteiger partial charge on any atom is -0.446 e. The Labute approximate surface area is 161 Å². The average Bonchev–Trinajstić information content (AvgIpc) is 2.95. The second-order valence-corrected chi connectivity index (χ2v) is 10.2. The lowest BCUT2D eigenvalue weighted by Crippen LogP contribution is -2.51. The summed E-state index contributed by atoms with van der Waals surface area (Å²) in [6.07, 6.45) is 10.2. The van der Waals surface area contributed by atoms with Gasteiger partial charge in [0.2, 0.25) is 5.91 Å². The van der Waals surface area contributed by atoms with Crippen molar-refractivity contribution in [1.29, 1.82) is 0 Å². The molecule has 0 radical (unpaired) electrons. The first kappa shape index (κ1) is 18.0. The number of imide groups is 1. The van der Waals surface area contributed by atoms with Crippen LogP contribution in [-0.4, -0.2) is 40.8 Å². The summed E-state index contributed by atoms with van der Waals surface area (Å²) in [7, 11) is 0. The fraction of sp³-hybridized carbons (Fsp3) is 0.909. The molecule has 150 valence electrons. The smallest absolute Gasteiger partial charge is 0.416 e. The number of β-lactam (4-membered cyclic amide) rings is 1. The van der Waals surface area contributed by atoms with Crippen LogP contribution in [0.2, 0.25) is 0 Å². The molecule has 1 heterocycles. The van der Waals surface area contributed by atoms with Crippen LogP contribution in [0.3, 0.4) is 0 Å². The second kappa shape index (κ2) is 6.47. The van der Waals surface area contributed by atoms with Crippen molar-refractivity contribution in [1.82, 2.24) is 4.90 Å². The summed E-state index contributed by atoms with van der Waals surface area (Å²) in [6, 6.07) is 0. The molecule has 5 fully saturated rings. The van der Waals surface area contributed by atoms with E-state index in [1.54, 1.807) is 0 Å². The molecule has 0 spiro atoms. The van der Waals surface area contributed by atoms with Gasteiger partial charge in [-0.05, 0) is 92.8 Å². The molecule has 5 heteroatoms. The molecular weight excluding hydrogens is 342 g/mol. The first-order chi connectivity index (χ1) is 13.0. The molecule has 5 aliphatic rings. The van der Waals surface area contributed by atoms with E-state index in [-0.39, 0.29) is 23.5 Å². The molecule has 2 amide bonds. The highest BCUT2D eigenvalue weighted by molar-refractivity contribution is 5.96. The minimum absolute atomic E-state index is 0.00846. The molecule has 0 aromatic rings. The van der Waals surface area contributed by atoms with Gasteiger partial charge in [-0.25, -0.2) is 9.69 Å². The number of ether oxygens (including phenoxy) is 1. The molecule has 4 aliphatic carbocycles. The first-order valence-electron chi connectivity index (χ1n) is 11.2. The minimum atomic E-state index is -0.420. The maximum absolute atomic E-state index is 12.1. The van der Waals surface area contributed by atoms with Gasteiger partial charge >= 0.3 is 6.09 Å².